The molecule has 0 aromatic carbocycles. The quantitative estimate of drug-likeness (QED) is 0.605. The molecule has 33 heavy (non-hydrogen) atoms. The van der Waals surface area contributed by atoms with Crippen molar-refractivity contribution >= 4 is 23.3 Å². The third-order valence-corrected chi connectivity index (χ3v) is 6.70. The lowest BCUT2D eigenvalue weighted by Gasteiger charge is -2.47. The summed E-state index contributed by atoms with van der Waals surface area (Å²) in [6.07, 6.45) is 5.11. The Morgan fingerprint density at radius 2 is 1.97 bits per heavy atom. The number of rotatable bonds is 4. The molecule has 1 N–H and O–H groups in total. The molecule has 2 aliphatic rings. The van der Waals surface area contributed by atoms with Crippen LogP contribution in [0.1, 0.15) is 56.6 Å². The number of nitrogens with zero attached hydrogens (tertiary/aromatic N) is 5. The maximum atomic E-state index is 12.8. The summed E-state index contributed by atoms with van der Waals surface area (Å²) < 4.78 is 2.11. The summed E-state index contributed by atoms with van der Waals surface area (Å²) in [6, 6.07) is 10.1. The van der Waals surface area contributed by atoms with Gasteiger partial charge in [0.1, 0.15) is 11.6 Å². The molecule has 0 saturated carbocycles. The molecule has 0 amide bonds. The highest BCUT2D eigenvalue weighted by Gasteiger charge is 2.41. The molecule has 0 unspecified atom stereocenters. The van der Waals surface area contributed by atoms with Crippen molar-refractivity contribution in [1.29, 1.82) is 0 Å². The van der Waals surface area contributed by atoms with Crippen molar-refractivity contribution < 1.29 is 9.90 Å². The summed E-state index contributed by atoms with van der Waals surface area (Å²) in [4.78, 5) is 37.4. The van der Waals surface area contributed by atoms with Gasteiger partial charge in [0.2, 0.25) is 0 Å². The van der Waals surface area contributed by atoms with Gasteiger partial charge in [0.05, 0.1) is 5.39 Å². The van der Waals surface area contributed by atoms with Crippen LogP contribution >= 0.6 is 0 Å². The van der Waals surface area contributed by atoms with Crippen molar-refractivity contribution in [3.63, 3.8) is 0 Å². The van der Waals surface area contributed by atoms with Crippen LogP contribution in [0.15, 0.2) is 41.3 Å². The molecule has 8 nitrogen and oxygen atoms in total. The second-order valence-corrected chi connectivity index (χ2v) is 9.37. The van der Waals surface area contributed by atoms with Crippen molar-refractivity contribution in [3.8, 4) is 0 Å². The molecule has 2 bridgehead atoms. The number of anilines is 1. The summed E-state index contributed by atoms with van der Waals surface area (Å²) in [5, 5.41) is 7.90. The van der Waals surface area contributed by atoms with Gasteiger partial charge in [0.15, 0.2) is 5.65 Å². The third kappa shape index (κ3) is 4.60. The standard InChI is InChI=1S/C24H29N5O.CH2O2/c1-15(2)9-10-21-18-12-17(20-7-4-8-22(30)29(20)21)13-28(14-18)24-19-6-5-11-25-23(19)26-16(3)27-24;2-1-3/h4-8,11,15,17-18,21H,9-10,12-14H2,1-3H3;1H,(H,2,3)/t17-,18+,21+;/m1./s1. The maximum absolute atomic E-state index is 12.8. The molecule has 1 fully saturated rings. The first-order valence-electron chi connectivity index (χ1n) is 11.6. The van der Waals surface area contributed by atoms with Crippen LogP contribution in [0.4, 0.5) is 5.82 Å². The smallest absolute Gasteiger partial charge is 0.290 e. The van der Waals surface area contributed by atoms with E-state index in [1.54, 1.807) is 12.3 Å². The Morgan fingerprint density at radius 1 is 1.18 bits per heavy atom. The molecule has 0 aliphatic carbocycles. The summed E-state index contributed by atoms with van der Waals surface area (Å²) >= 11 is 0. The first-order chi connectivity index (χ1) is 15.9. The van der Waals surface area contributed by atoms with Crippen molar-refractivity contribution in [2.75, 3.05) is 18.0 Å². The SMILES string of the molecule is Cc1nc(N2C[C@H]3C[C@@H](C2)[C@H](CCC(C)C)n2c3cccc2=O)c2cccnc2n1.O=CO. The average molecular weight is 450 g/mol. The molecule has 5 heterocycles. The second-order valence-electron chi connectivity index (χ2n) is 9.37. The van der Waals surface area contributed by atoms with Crippen LogP contribution in [-0.4, -0.2) is 44.2 Å². The van der Waals surface area contributed by atoms with E-state index in [9.17, 15) is 4.79 Å². The first-order valence-corrected chi connectivity index (χ1v) is 11.6. The van der Waals surface area contributed by atoms with E-state index in [0.29, 0.717) is 17.8 Å². The summed E-state index contributed by atoms with van der Waals surface area (Å²) in [5.74, 6) is 3.14. The van der Waals surface area contributed by atoms with Gasteiger partial charge in [-0.3, -0.25) is 9.59 Å². The summed E-state index contributed by atoms with van der Waals surface area (Å²) in [7, 11) is 0. The Balaban J connectivity index is 0.000000821. The van der Waals surface area contributed by atoms with E-state index in [1.165, 1.54) is 5.69 Å². The van der Waals surface area contributed by atoms with Gasteiger partial charge in [0.25, 0.3) is 12.0 Å². The molecule has 3 atom stereocenters. The summed E-state index contributed by atoms with van der Waals surface area (Å²) in [5.41, 5.74) is 2.09. The van der Waals surface area contributed by atoms with E-state index in [4.69, 9.17) is 14.9 Å². The molecule has 8 heteroatoms. The van der Waals surface area contributed by atoms with Gasteiger partial charge in [0, 0.05) is 43.0 Å². The molecule has 2 aliphatic heterocycles. The number of carbonyl (C=O) groups is 1. The molecule has 1 saturated heterocycles. The molecule has 0 radical (unpaired) electrons. The second kappa shape index (κ2) is 9.68. The monoisotopic (exact) mass is 449 g/mol. The van der Waals surface area contributed by atoms with Crippen LogP contribution in [0, 0.1) is 18.8 Å². The van der Waals surface area contributed by atoms with Crippen LogP contribution in [0.5, 0.6) is 0 Å². The van der Waals surface area contributed by atoms with Crippen LogP contribution in [0.25, 0.3) is 11.0 Å². The minimum atomic E-state index is -0.250. The molecular formula is C25H31N5O3. The number of aryl methyl sites for hydroxylation is 1. The highest BCUT2D eigenvalue weighted by atomic mass is 16.3. The third-order valence-electron chi connectivity index (χ3n) is 6.70. The number of carboxylic acid groups (broad SMARTS) is 1. The van der Waals surface area contributed by atoms with Crippen LogP contribution in [0.2, 0.25) is 0 Å². The minimum Gasteiger partial charge on any atom is -0.483 e. The van der Waals surface area contributed by atoms with Gasteiger partial charge in [-0.05, 0) is 56.2 Å². The zero-order valence-electron chi connectivity index (χ0n) is 19.4. The Morgan fingerprint density at radius 3 is 2.73 bits per heavy atom. The lowest BCUT2D eigenvalue weighted by atomic mass is 9.76. The van der Waals surface area contributed by atoms with Gasteiger partial charge in [-0.1, -0.05) is 19.9 Å². The Labute approximate surface area is 193 Å². The first kappa shape index (κ1) is 22.9. The van der Waals surface area contributed by atoms with E-state index in [1.807, 2.05) is 19.1 Å². The number of hydrogen-bond acceptors (Lipinski definition) is 6. The van der Waals surface area contributed by atoms with Crippen molar-refractivity contribution in [2.45, 2.75) is 52.0 Å². The predicted molar refractivity (Wildman–Crippen MR) is 128 cm³/mol. The van der Waals surface area contributed by atoms with Crippen molar-refractivity contribution in [3.05, 3.63) is 58.4 Å². The Kier molecular flexibility index (Phi) is 6.72. The van der Waals surface area contributed by atoms with Gasteiger partial charge < -0.3 is 14.6 Å². The largest absolute Gasteiger partial charge is 0.483 e. The van der Waals surface area contributed by atoms with E-state index < -0.39 is 0 Å². The lowest BCUT2D eigenvalue weighted by Crippen LogP contribution is -2.49. The van der Waals surface area contributed by atoms with Crippen molar-refractivity contribution in [1.82, 2.24) is 19.5 Å². The van der Waals surface area contributed by atoms with Crippen LogP contribution in [-0.2, 0) is 4.79 Å². The van der Waals surface area contributed by atoms with Crippen LogP contribution in [0.3, 0.4) is 0 Å². The fraction of sp³-hybridized carbons (Fsp3) is 0.480. The van der Waals surface area contributed by atoms with E-state index in [-0.39, 0.29) is 18.1 Å². The number of aromatic nitrogens is 4. The number of pyridine rings is 2. The Bertz CT molecular complexity index is 1190. The van der Waals surface area contributed by atoms with Gasteiger partial charge in [-0.25, -0.2) is 15.0 Å². The molecule has 174 valence electrons. The number of piperidine rings is 1. The normalized spacial score (nSPS) is 21.3. The minimum absolute atomic E-state index is 0.150. The Hall–Kier alpha value is -3.29. The fourth-order valence-electron chi connectivity index (χ4n) is 5.38. The zero-order valence-corrected chi connectivity index (χ0v) is 19.4. The summed E-state index contributed by atoms with van der Waals surface area (Å²) in [6.45, 7) is 7.99. The molecule has 0 spiro atoms. The molecular weight excluding hydrogens is 418 g/mol. The van der Waals surface area contributed by atoms with E-state index in [2.05, 4.69) is 45.4 Å². The predicted octanol–water partition coefficient (Wildman–Crippen LogP) is 3.80. The highest BCUT2D eigenvalue weighted by molar-refractivity contribution is 5.86. The topological polar surface area (TPSA) is 101 Å². The fourth-order valence-corrected chi connectivity index (χ4v) is 5.38. The van der Waals surface area contributed by atoms with Crippen molar-refractivity contribution in [2.24, 2.45) is 11.8 Å². The number of hydrogen-bond donors (Lipinski definition) is 1. The van der Waals surface area contributed by atoms with Gasteiger partial charge >= 0.3 is 0 Å². The maximum Gasteiger partial charge on any atom is 0.290 e. The van der Waals surface area contributed by atoms with Crippen LogP contribution < -0.4 is 10.5 Å². The molecule has 3 aromatic rings. The lowest BCUT2D eigenvalue weighted by molar-refractivity contribution is -0.122. The van der Waals surface area contributed by atoms with E-state index in [0.717, 1.165) is 55.0 Å². The van der Waals surface area contributed by atoms with E-state index >= 15 is 0 Å². The zero-order chi connectivity index (χ0) is 23.5. The average Bonchev–Trinajstić information content (AvgIpc) is 2.79. The molecule has 5 rings (SSSR count). The van der Waals surface area contributed by atoms with Gasteiger partial charge in [-0.15, -0.1) is 0 Å². The number of fused-ring (bicyclic) bond motifs is 5. The van der Waals surface area contributed by atoms with Gasteiger partial charge in [-0.2, -0.15) is 0 Å². The molecule has 3 aromatic heterocycles. The highest BCUT2D eigenvalue weighted by Crippen LogP contribution is 2.44.